The lowest BCUT2D eigenvalue weighted by Gasteiger charge is -1.98. The highest BCUT2D eigenvalue weighted by molar-refractivity contribution is 6.35. The third-order valence-corrected chi connectivity index (χ3v) is 2.44. The highest BCUT2D eigenvalue weighted by Gasteiger charge is 2.03. The summed E-state index contributed by atoms with van der Waals surface area (Å²) in [4.78, 5) is 23.3. The van der Waals surface area contributed by atoms with Gasteiger partial charge in [-0.05, 0) is 12.1 Å². The fraction of sp³-hybridized carbons (Fsp3) is 0. The van der Waals surface area contributed by atoms with Crippen molar-refractivity contribution in [1.82, 2.24) is 5.43 Å². The molecular formula is C15H12N2O2. The first kappa shape index (κ1) is 12.7. The molecule has 0 saturated heterocycles. The van der Waals surface area contributed by atoms with Crippen molar-refractivity contribution in [2.24, 2.45) is 5.10 Å². The number of hydrazone groups is 1. The summed E-state index contributed by atoms with van der Waals surface area (Å²) < 4.78 is 0. The fourth-order valence-electron chi connectivity index (χ4n) is 1.48. The third-order valence-electron chi connectivity index (χ3n) is 2.44. The predicted molar refractivity (Wildman–Crippen MR) is 73.2 cm³/mol. The molecule has 4 heteroatoms. The van der Waals surface area contributed by atoms with Crippen molar-refractivity contribution in [3.8, 4) is 0 Å². The minimum atomic E-state index is -0.349. The van der Waals surface area contributed by atoms with Gasteiger partial charge in [0.2, 0.25) is 5.78 Å². The van der Waals surface area contributed by atoms with Crippen molar-refractivity contribution >= 4 is 17.9 Å². The lowest BCUT2D eigenvalue weighted by molar-refractivity contribution is 0.0955. The highest BCUT2D eigenvalue weighted by atomic mass is 16.2. The third kappa shape index (κ3) is 3.61. The van der Waals surface area contributed by atoms with E-state index in [-0.39, 0.29) is 11.7 Å². The Labute approximate surface area is 110 Å². The SMILES string of the molecule is O=C(/C=N\NC(=O)c1ccccc1)c1ccccc1. The van der Waals surface area contributed by atoms with Crippen LogP contribution in [0.3, 0.4) is 0 Å². The Balaban J connectivity index is 1.94. The van der Waals surface area contributed by atoms with Gasteiger partial charge in [0.05, 0.1) is 6.21 Å². The van der Waals surface area contributed by atoms with Crippen LogP contribution < -0.4 is 5.43 Å². The molecule has 0 aliphatic rings. The molecule has 19 heavy (non-hydrogen) atoms. The maximum absolute atomic E-state index is 11.7. The van der Waals surface area contributed by atoms with Gasteiger partial charge in [0.25, 0.3) is 5.91 Å². The van der Waals surface area contributed by atoms with Crippen LogP contribution in [0.1, 0.15) is 20.7 Å². The highest BCUT2D eigenvalue weighted by Crippen LogP contribution is 1.99. The molecule has 0 bridgehead atoms. The monoisotopic (exact) mass is 252 g/mol. The lowest BCUT2D eigenvalue weighted by atomic mass is 10.1. The summed E-state index contributed by atoms with van der Waals surface area (Å²) in [5, 5.41) is 3.65. The molecule has 0 unspecified atom stereocenters. The molecule has 0 radical (unpaired) electrons. The first-order valence-corrected chi connectivity index (χ1v) is 5.75. The largest absolute Gasteiger partial charge is 0.287 e. The van der Waals surface area contributed by atoms with Gasteiger partial charge < -0.3 is 0 Å². The molecule has 94 valence electrons. The summed E-state index contributed by atoms with van der Waals surface area (Å²) in [6.45, 7) is 0. The van der Waals surface area contributed by atoms with E-state index in [4.69, 9.17) is 0 Å². The number of carbonyl (C=O) groups excluding carboxylic acids is 2. The minimum absolute atomic E-state index is 0.256. The van der Waals surface area contributed by atoms with E-state index >= 15 is 0 Å². The van der Waals surface area contributed by atoms with E-state index in [0.29, 0.717) is 11.1 Å². The summed E-state index contributed by atoms with van der Waals surface area (Å²) in [5.41, 5.74) is 3.33. The quantitative estimate of drug-likeness (QED) is 0.515. The molecular weight excluding hydrogens is 240 g/mol. The zero-order chi connectivity index (χ0) is 13.5. The zero-order valence-corrected chi connectivity index (χ0v) is 10.1. The van der Waals surface area contributed by atoms with Crippen molar-refractivity contribution in [1.29, 1.82) is 0 Å². The number of amides is 1. The summed E-state index contributed by atoms with van der Waals surface area (Å²) >= 11 is 0. The number of hydrogen-bond donors (Lipinski definition) is 1. The fourth-order valence-corrected chi connectivity index (χ4v) is 1.48. The molecule has 0 heterocycles. The number of Topliss-reactive ketones (excluding diaryl/α,β-unsaturated/α-hetero) is 1. The van der Waals surface area contributed by atoms with Crippen molar-refractivity contribution in [3.63, 3.8) is 0 Å². The first-order chi connectivity index (χ1) is 9.27. The molecule has 2 aromatic rings. The van der Waals surface area contributed by atoms with E-state index in [2.05, 4.69) is 10.5 Å². The molecule has 1 N–H and O–H groups in total. The molecule has 2 rings (SSSR count). The van der Waals surface area contributed by atoms with Gasteiger partial charge in [-0.1, -0.05) is 48.5 Å². The van der Waals surface area contributed by atoms with Gasteiger partial charge >= 0.3 is 0 Å². The minimum Gasteiger partial charge on any atom is -0.287 e. The Morgan fingerprint density at radius 3 is 1.95 bits per heavy atom. The maximum Gasteiger partial charge on any atom is 0.271 e. The maximum atomic E-state index is 11.7. The molecule has 0 aliphatic heterocycles. The van der Waals surface area contributed by atoms with Crippen LogP contribution >= 0.6 is 0 Å². The molecule has 0 aliphatic carbocycles. The number of hydrogen-bond acceptors (Lipinski definition) is 3. The van der Waals surface area contributed by atoms with Crippen molar-refractivity contribution in [2.45, 2.75) is 0 Å². The van der Waals surface area contributed by atoms with Crippen LogP contribution in [0, 0.1) is 0 Å². The average molecular weight is 252 g/mol. The Hall–Kier alpha value is -2.75. The number of ketones is 1. The van der Waals surface area contributed by atoms with Crippen molar-refractivity contribution < 1.29 is 9.59 Å². The Morgan fingerprint density at radius 1 is 0.842 bits per heavy atom. The van der Waals surface area contributed by atoms with Crippen LogP contribution in [0.25, 0.3) is 0 Å². The van der Waals surface area contributed by atoms with E-state index in [0.717, 1.165) is 6.21 Å². The van der Waals surface area contributed by atoms with Gasteiger partial charge in [-0.25, -0.2) is 5.43 Å². The topological polar surface area (TPSA) is 58.5 Å². The normalized spacial score (nSPS) is 10.3. The zero-order valence-electron chi connectivity index (χ0n) is 10.1. The number of rotatable bonds is 4. The van der Waals surface area contributed by atoms with Gasteiger partial charge in [-0.3, -0.25) is 9.59 Å². The summed E-state index contributed by atoms with van der Waals surface area (Å²) in [7, 11) is 0. The Kier molecular flexibility index (Phi) is 4.18. The van der Waals surface area contributed by atoms with Crippen LogP contribution in [0.15, 0.2) is 65.8 Å². The van der Waals surface area contributed by atoms with E-state index < -0.39 is 0 Å². The van der Waals surface area contributed by atoms with Crippen LogP contribution in [0.5, 0.6) is 0 Å². The number of benzene rings is 2. The average Bonchev–Trinajstić information content (AvgIpc) is 2.49. The number of carbonyl (C=O) groups is 2. The Morgan fingerprint density at radius 2 is 1.37 bits per heavy atom. The molecule has 1 amide bonds. The van der Waals surface area contributed by atoms with Crippen LogP contribution in [0.2, 0.25) is 0 Å². The lowest BCUT2D eigenvalue weighted by Crippen LogP contribution is -2.18. The second-order valence-electron chi connectivity index (χ2n) is 3.80. The van der Waals surface area contributed by atoms with Gasteiger partial charge in [0.1, 0.15) is 0 Å². The van der Waals surface area contributed by atoms with E-state index in [9.17, 15) is 9.59 Å². The predicted octanol–water partition coefficient (Wildman–Crippen LogP) is 2.29. The number of nitrogens with one attached hydrogen (secondary N) is 1. The van der Waals surface area contributed by atoms with Crippen molar-refractivity contribution in [2.75, 3.05) is 0 Å². The van der Waals surface area contributed by atoms with Crippen LogP contribution in [-0.2, 0) is 0 Å². The van der Waals surface area contributed by atoms with E-state index in [1.807, 2.05) is 12.1 Å². The summed E-state index contributed by atoms with van der Waals surface area (Å²) in [6, 6.07) is 17.4. The molecule has 0 aromatic heterocycles. The molecule has 0 atom stereocenters. The summed E-state index contributed by atoms with van der Waals surface area (Å²) in [6.07, 6.45) is 1.09. The van der Waals surface area contributed by atoms with E-state index in [1.54, 1.807) is 48.5 Å². The Bertz CT molecular complexity index is 592. The van der Waals surface area contributed by atoms with Crippen LogP contribution in [-0.4, -0.2) is 17.9 Å². The van der Waals surface area contributed by atoms with Gasteiger partial charge in [0, 0.05) is 11.1 Å². The number of nitrogens with zero attached hydrogens (tertiary/aromatic N) is 1. The second kappa shape index (κ2) is 6.26. The molecule has 0 spiro atoms. The van der Waals surface area contributed by atoms with Gasteiger partial charge in [-0.15, -0.1) is 0 Å². The van der Waals surface area contributed by atoms with Crippen LogP contribution in [0.4, 0.5) is 0 Å². The van der Waals surface area contributed by atoms with Gasteiger partial charge in [-0.2, -0.15) is 5.10 Å². The summed E-state index contributed by atoms with van der Waals surface area (Å²) in [5.74, 6) is -0.605. The van der Waals surface area contributed by atoms with Gasteiger partial charge in [0.15, 0.2) is 0 Å². The molecule has 0 saturated carbocycles. The molecule has 4 nitrogen and oxygen atoms in total. The second-order valence-corrected chi connectivity index (χ2v) is 3.80. The van der Waals surface area contributed by atoms with E-state index in [1.165, 1.54) is 0 Å². The smallest absolute Gasteiger partial charge is 0.271 e. The molecule has 2 aromatic carbocycles. The van der Waals surface area contributed by atoms with Crippen molar-refractivity contribution in [3.05, 3.63) is 71.8 Å². The molecule has 0 fully saturated rings. The first-order valence-electron chi connectivity index (χ1n) is 5.75. The standard InChI is InChI=1S/C15H12N2O2/c18-14(12-7-3-1-4-8-12)11-16-17-15(19)13-9-5-2-6-10-13/h1-11H,(H,17,19)/b16-11-.